The standard InChI is InChI=1S/C14H9BrS/c1-2-9-3-5-13-11(7-9)12-8-10(15)4-6-14(12)16-13/h2-8H,1H2. The van der Waals surface area contributed by atoms with E-state index in [1.807, 2.05) is 17.4 Å². The molecule has 0 aliphatic heterocycles. The largest absolute Gasteiger partial charge is 0.135 e. The molecule has 0 aliphatic rings. The second kappa shape index (κ2) is 3.72. The SMILES string of the molecule is C=Cc1ccc2sc3ccc(Br)cc3c2c1. The molecule has 3 rings (SSSR count). The van der Waals surface area contributed by atoms with Crippen LogP contribution in [-0.4, -0.2) is 0 Å². The minimum absolute atomic E-state index is 1.13. The molecule has 0 unspecified atom stereocenters. The van der Waals surface area contributed by atoms with Crippen molar-refractivity contribution < 1.29 is 0 Å². The number of halogens is 1. The third-order valence-corrected chi connectivity index (χ3v) is 4.34. The number of hydrogen-bond acceptors (Lipinski definition) is 1. The van der Waals surface area contributed by atoms with Crippen LogP contribution in [0.4, 0.5) is 0 Å². The minimum atomic E-state index is 1.13. The highest BCUT2D eigenvalue weighted by Crippen LogP contribution is 2.35. The Labute approximate surface area is 106 Å². The zero-order valence-corrected chi connectivity index (χ0v) is 10.9. The van der Waals surface area contributed by atoms with Crippen molar-refractivity contribution >= 4 is 53.5 Å². The van der Waals surface area contributed by atoms with Crippen LogP contribution in [0, 0.1) is 0 Å². The van der Waals surface area contributed by atoms with Gasteiger partial charge in [0.15, 0.2) is 0 Å². The van der Waals surface area contributed by atoms with Crippen LogP contribution in [0.5, 0.6) is 0 Å². The molecule has 3 aromatic rings. The van der Waals surface area contributed by atoms with E-state index < -0.39 is 0 Å². The molecule has 2 aromatic carbocycles. The average Bonchev–Trinajstić information content (AvgIpc) is 2.66. The molecule has 0 amide bonds. The molecule has 0 nitrogen and oxygen atoms in total. The normalized spacial score (nSPS) is 11.1. The van der Waals surface area contributed by atoms with Gasteiger partial charge in [-0.3, -0.25) is 0 Å². The summed E-state index contributed by atoms with van der Waals surface area (Å²) in [5.41, 5.74) is 1.17. The highest BCUT2D eigenvalue weighted by Gasteiger charge is 2.05. The lowest BCUT2D eigenvalue weighted by molar-refractivity contribution is 1.75. The van der Waals surface area contributed by atoms with Crippen molar-refractivity contribution in [3.63, 3.8) is 0 Å². The number of benzene rings is 2. The van der Waals surface area contributed by atoms with Gasteiger partial charge >= 0.3 is 0 Å². The molecule has 1 heterocycles. The fourth-order valence-corrected chi connectivity index (χ4v) is 3.32. The Balaban J connectivity index is 2.49. The molecule has 0 atom stereocenters. The lowest BCUT2D eigenvalue weighted by Gasteiger charge is -1.95. The van der Waals surface area contributed by atoms with E-state index in [1.165, 1.54) is 25.7 Å². The Morgan fingerprint density at radius 3 is 2.44 bits per heavy atom. The first-order chi connectivity index (χ1) is 7.78. The number of thiophene rings is 1. The third kappa shape index (κ3) is 1.49. The van der Waals surface area contributed by atoms with E-state index in [2.05, 4.69) is 58.9 Å². The zero-order chi connectivity index (χ0) is 11.1. The first-order valence-corrected chi connectivity index (χ1v) is 6.63. The maximum absolute atomic E-state index is 3.81. The molecule has 2 heteroatoms. The van der Waals surface area contributed by atoms with E-state index >= 15 is 0 Å². The number of rotatable bonds is 1. The molecular weight excluding hydrogens is 280 g/mol. The van der Waals surface area contributed by atoms with Crippen molar-refractivity contribution in [3.8, 4) is 0 Å². The minimum Gasteiger partial charge on any atom is -0.135 e. The molecule has 78 valence electrons. The predicted octanol–water partition coefficient (Wildman–Crippen LogP) is 5.46. The molecule has 0 fully saturated rings. The summed E-state index contributed by atoms with van der Waals surface area (Å²) < 4.78 is 3.79. The average molecular weight is 289 g/mol. The molecule has 0 radical (unpaired) electrons. The van der Waals surface area contributed by atoms with Crippen molar-refractivity contribution in [2.24, 2.45) is 0 Å². The summed E-state index contributed by atoms with van der Waals surface area (Å²) in [6, 6.07) is 12.9. The smallest absolute Gasteiger partial charge is 0.0356 e. The van der Waals surface area contributed by atoms with Gasteiger partial charge in [-0.2, -0.15) is 0 Å². The quantitative estimate of drug-likeness (QED) is 0.558. The van der Waals surface area contributed by atoms with E-state index in [-0.39, 0.29) is 0 Å². The summed E-state index contributed by atoms with van der Waals surface area (Å²) in [5.74, 6) is 0. The molecule has 0 spiro atoms. The van der Waals surface area contributed by atoms with Crippen LogP contribution in [0.15, 0.2) is 47.4 Å². The molecule has 0 bridgehead atoms. The second-order valence-corrected chi connectivity index (χ2v) is 5.70. The molecule has 16 heavy (non-hydrogen) atoms. The van der Waals surface area contributed by atoms with E-state index in [9.17, 15) is 0 Å². The van der Waals surface area contributed by atoms with Crippen LogP contribution in [-0.2, 0) is 0 Å². The van der Waals surface area contributed by atoms with Crippen LogP contribution >= 0.6 is 27.3 Å². The van der Waals surface area contributed by atoms with Crippen molar-refractivity contribution in [1.29, 1.82) is 0 Å². The maximum Gasteiger partial charge on any atom is 0.0356 e. The molecule has 1 aromatic heterocycles. The van der Waals surface area contributed by atoms with Gasteiger partial charge in [0.1, 0.15) is 0 Å². The maximum atomic E-state index is 3.81. The second-order valence-electron chi connectivity index (χ2n) is 3.70. The Bertz CT molecular complexity index is 694. The van der Waals surface area contributed by atoms with Gasteiger partial charge in [-0.05, 0) is 35.9 Å². The van der Waals surface area contributed by atoms with E-state index in [0.29, 0.717) is 0 Å². The van der Waals surface area contributed by atoms with E-state index in [0.717, 1.165) is 4.47 Å². The highest BCUT2D eigenvalue weighted by atomic mass is 79.9. The van der Waals surface area contributed by atoms with Crippen molar-refractivity contribution in [1.82, 2.24) is 0 Å². The zero-order valence-electron chi connectivity index (χ0n) is 8.53. The van der Waals surface area contributed by atoms with Crippen molar-refractivity contribution in [2.45, 2.75) is 0 Å². The molecule has 0 saturated heterocycles. The summed E-state index contributed by atoms with van der Waals surface area (Å²) in [7, 11) is 0. The number of fused-ring (bicyclic) bond motifs is 3. The summed E-state index contributed by atoms with van der Waals surface area (Å²) in [4.78, 5) is 0. The van der Waals surface area contributed by atoms with Gasteiger partial charge in [0.25, 0.3) is 0 Å². The van der Waals surface area contributed by atoms with E-state index in [1.54, 1.807) is 0 Å². The van der Waals surface area contributed by atoms with Crippen LogP contribution in [0.1, 0.15) is 5.56 Å². The van der Waals surface area contributed by atoms with Crippen LogP contribution in [0.3, 0.4) is 0 Å². The summed E-state index contributed by atoms with van der Waals surface area (Å²) in [6.45, 7) is 3.81. The van der Waals surface area contributed by atoms with Crippen LogP contribution in [0.25, 0.3) is 26.2 Å². The van der Waals surface area contributed by atoms with Gasteiger partial charge in [0, 0.05) is 24.6 Å². The first-order valence-electron chi connectivity index (χ1n) is 5.02. The van der Waals surface area contributed by atoms with Crippen LogP contribution in [0.2, 0.25) is 0 Å². The van der Waals surface area contributed by atoms with Gasteiger partial charge in [-0.25, -0.2) is 0 Å². The molecule has 0 aliphatic carbocycles. The monoisotopic (exact) mass is 288 g/mol. The van der Waals surface area contributed by atoms with Gasteiger partial charge < -0.3 is 0 Å². The fourth-order valence-electron chi connectivity index (χ4n) is 1.89. The summed E-state index contributed by atoms with van der Waals surface area (Å²) >= 11 is 5.36. The van der Waals surface area contributed by atoms with Crippen molar-refractivity contribution in [2.75, 3.05) is 0 Å². The summed E-state index contributed by atoms with van der Waals surface area (Å²) in [5, 5.41) is 2.64. The Morgan fingerprint density at radius 2 is 1.69 bits per heavy atom. The van der Waals surface area contributed by atoms with Gasteiger partial charge in [-0.1, -0.05) is 34.7 Å². The summed E-state index contributed by atoms with van der Waals surface area (Å²) in [6.07, 6.45) is 1.89. The van der Waals surface area contributed by atoms with Gasteiger partial charge in [0.2, 0.25) is 0 Å². The Kier molecular flexibility index (Phi) is 2.34. The lowest BCUT2D eigenvalue weighted by Crippen LogP contribution is -1.71. The first kappa shape index (κ1) is 10.1. The Morgan fingerprint density at radius 1 is 1.00 bits per heavy atom. The molecular formula is C14H9BrS. The third-order valence-electron chi connectivity index (χ3n) is 2.69. The van der Waals surface area contributed by atoms with Gasteiger partial charge in [0.05, 0.1) is 0 Å². The predicted molar refractivity (Wildman–Crippen MR) is 77.1 cm³/mol. The molecule has 0 N–H and O–H groups in total. The fraction of sp³-hybridized carbons (Fsp3) is 0. The number of hydrogen-bond donors (Lipinski definition) is 0. The highest BCUT2D eigenvalue weighted by molar-refractivity contribution is 9.10. The topological polar surface area (TPSA) is 0 Å². The van der Waals surface area contributed by atoms with Crippen molar-refractivity contribution in [3.05, 3.63) is 53.0 Å². The lowest BCUT2D eigenvalue weighted by atomic mass is 10.1. The van der Waals surface area contributed by atoms with E-state index in [4.69, 9.17) is 0 Å². The van der Waals surface area contributed by atoms with Gasteiger partial charge in [-0.15, -0.1) is 11.3 Å². The molecule has 0 saturated carbocycles. The van der Waals surface area contributed by atoms with Crippen LogP contribution < -0.4 is 0 Å². The Hall–Kier alpha value is -1.12.